The predicted octanol–water partition coefficient (Wildman–Crippen LogP) is 2.61. The molecule has 134 valence electrons. The molecule has 0 spiro atoms. The molecule has 3 rings (SSSR count). The minimum Gasteiger partial charge on any atom is -0.345 e. The van der Waals surface area contributed by atoms with Crippen LogP contribution < -0.4 is 4.90 Å². The SMILES string of the molecule is Cc1nsc(N2CCCN(C(=O)c3ccncc3C(F)(F)F)CC2)n1. The lowest BCUT2D eigenvalue weighted by atomic mass is 10.1. The average Bonchev–Trinajstić information content (AvgIpc) is 2.86. The average molecular weight is 371 g/mol. The number of carbonyl (C=O) groups excluding carboxylic acids is 1. The van der Waals surface area contributed by atoms with E-state index in [2.05, 4.69) is 14.3 Å². The number of carbonyl (C=O) groups is 1. The Morgan fingerprint density at radius 2 is 2.04 bits per heavy atom. The van der Waals surface area contributed by atoms with Crippen molar-refractivity contribution < 1.29 is 18.0 Å². The Balaban J connectivity index is 1.76. The Labute approximate surface area is 146 Å². The van der Waals surface area contributed by atoms with Gasteiger partial charge in [-0.1, -0.05) is 0 Å². The molecule has 1 saturated heterocycles. The van der Waals surface area contributed by atoms with Gasteiger partial charge in [-0.25, -0.2) is 4.98 Å². The van der Waals surface area contributed by atoms with Crippen LogP contribution in [0.2, 0.25) is 0 Å². The second-order valence-corrected chi connectivity index (χ2v) is 6.41. The Kier molecular flexibility index (Phi) is 4.89. The van der Waals surface area contributed by atoms with Crippen LogP contribution in [0.4, 0.5) is 18.3 Å². The lowest BCUT2D eigenvalue weighted by Gasteiger charge is -2.23. The van der Waals surface area contributed by atoms with Gasteiger partial charge in [-0.15, -0.1) is 0 Å². The van der Waals surface area contributed by atoms with Crippen molar-refractivity contribution in [3.05, 3.63) is 35.4 Å². The first kappa shape index (κ1) is 17.6. The van der Waals surface area contributed by atoms with Gasteiger partial charge in [0.15, 0.2) is 0 Å². The maximum Gasteiger partial charge on any atom is 0.418 e. The smallest absolute Gasteiger partial charge is 0.345 e. The van der Waals surface area contributed by atoms with Crippen molar-refractivity contribution in [3.8, 4) is 0 Å². The van der Waals surface area contributed by atoms with E-state index in [0.29, 0.717) is 44.6 Å². The number of amides is 1. The maximum absolute atomic E-state index is 13.1. The van der Waals surface area contributed by atoms with Gasteiger partial charge < -0.3 is 9.80 Å². The largest absolute Gasteiger partial charge is 0.418 e. The van der Waals surface area contributed by atoms with Crippen molar-refractivity contribution in [1.29, 1.82) is 0 Å². The van der Waals surface area contributed by atoms with Crippen LogP contribution in [0.15, 0.2) is 18.5 Å². The molecule has 0 saturated carbocycles. The molecular weight excluding hydrogens is 355 g/mol. The fourth-order valence-electron chi connectivity index (χ4n) is 2.70. The van der Waals surface area contributed by atoms with Crippen LogP contribution in [0.25, 0.3) is 0 Å². The number of alkyl halides is 3. The Morgan fingerprint density at radius 1 is 1.24 bits per heavy atom. The normalized spacial score (nSPS) is 16.0. The fraction of sp³-hybridized carbons (Fsp3) is 0.467. The highest BCUT2D eigenvalue weighted by molar-refractivity contribution is 7.09. The van der Waals surface area contributed by atoms with Gasteiger partial charge in [-0.05, 0) is 19.4 Å². The number of hydrogen-bond acceptors (Lipinski definition) is 6. The van der Waals surface area contributed by atoms with Crippen molar-refractivity contribution in [3.63, 3.8) is 0 Å². The summed E-state index contributed by atoms with van der Waals surface area (Å²) in [5, 5.41) is 0.770. The van der Waals surface area contributed by atoms with E-state index in [9.17, 15) is 18.0 Å². The summed E-state index contributed by atoms with van der Waals surface area (Å²) in [4.78, 5) is 23.9. The van der Waals surface area contributed by atoms with Crippen LogP contribution in [0, 0.1) is 6.92 Å². The van der Waals surface area contributed by atoms with E-state index in [1.54, 1.807) is 6.92 Å². The van der Waals surface area contributed by atoms with E-state index in [-0.39, 0.29) is 5.56 Å². The molecule has 0 N–H and O–H groups in total. The molecule has 1 fully saturated rings. The number of aromatic nitrogens is 3. The summed E-state index contributed by atoms with van der Waals surface area (Å²) < 4.78 is 43.5. The summed E-state index contributed by atoms with van der Waals surface area (Å²) in [7, 11) is 0. The second kappa shape index (κ2) is 6.95. The van der Waals surface area contributed by atoms with Gasteiger partial charge in [0.1, 0.15) is 5.82 Å². The third kappa shape index (κ3) is 3.89. The zero-order chi connectivity index (χ0) is 18.0. The molecule has 25 heavy (non-hydrogen) atoms. The van der Waals surface area contributed by atoms with E-state index < -0.39 is 17.6 Å². The lowest BCUT2D eigenvalue weighted by Crippen LogP contribution is -2.36. The molecule has 3 heterocycles. The number of anilines is 1. The van der Waals surface area contributed by atoms with Gasteiger partial charge >= 0.3 is 6.18 Å². The summed E-state index contributed by atoms with van der Waals surface area (Å²) in [6, 6.07) is 1.13. The minimum absolute atomic E-state index is 0.330. The van der Waals surface area contributed by atoms with Gasteiger partial charge in [0.05, 0.1) is 11.1 Å². The molecule has 0 bridgehead atoms. The third-order valence-electron chi connectivity index (χ3n) is 3.93. The highest BCUT2D eigenvalue weighted by Crippen LogP contribution is 2.32. The highest BCUT2D eigenvalue weighted by atomic mass is 32.1. The molecule has 1 aliphatic rings. The van der Waals surface area contributed by atoms with E-state index in [0.717, 1.165) is 11.2 Å². The fourth-order valence-corrected chi connectivity index (χ4v) is 3.43. The topological polar surface area (TPSA) is 62.2 Å². The number of nitrogens with zero attached hydrogens (tertiary/aromatic N) is 5. The molecule has 0 radical (unpaired) electrons. The monoisotopic (exact) mass is 371 g/mol. The molecule has 10 heteroatoms. The van der Waals surface area contributed by atoms with Crippen molar-refractivity contribution in [1.82, 2.24) is 19.2 Å². The summed E-state index contributed by atoms with van der Waals surface area (Å²) in [6.45, 7) is 3.72. The first-order valence-electron chi connectivity index (χ1n) is 7.72. The van der Waals surface area contributed by atoms with Gasteiger partial charge in [-0.2, -0.15) is 17.5 Å². The molecular formula is C15H16F3N5OS. The van der Waals surface area contributed by atoms with Crippen LogP contribution in [0.3, 0.4) is 0 Å². The molecule has 0 aliphatic carbocycles. The number of hydrogen-bond donors (Lipinski definition) is 0. The summed E-state index contributed by atoms with van der Waals surface area (Å²) in [5.41, 5.74) is -1.36. The maximum atomic E-state index is 13.1. The quantitative estimate of drug-likeness (QED) is 0.812. The molecule has 1 aliphatic heterocycles. The third-order valence-corrected chi connectivity index (χ3v) is 4.80. The van der Waals surface area contributed by atoms with E-state index >= 15 is 0 Å². The molecule has 2 aromatic rings. The number of aryl methyl sites for hydroxylation is 1. The van der Waals surface area contributed by atoms with Gasteiger partial charge in [0, 0.05) is 50.1 Å². The molecule has 0 unspecified atom stereocenters. The van der Waals surface area contributed by atoms with Gasteiger partial charge in [0.2, 0.25) is 5.13 Å². The predicted molar refractivity (Wildman–Crippen MR) is 86.6 cm³/mol. The second-order valence-electron chi connectivity index (χ2n) is 5.68. The van der Waals surface area contributed by atoms with E-state index in [1.165, 1.54) is 22.6 Å². The molecule has 2 aromatic heterocycles. The van der Waals surface area contributed by atoms with E-state index in [1.807, 2.05) is 4.90 Å². The summed E-state index contributed by atoms with van der Waals surface area (Å²) in [6.07, 6.45) is -2.06. The number of halogens is 3. The van der Waals surface area contributed by atoms with Crippen molar-refractivity contribution in [2.24, 2.45) is 0 Å². The first-order valence-corrected chi connectivity index (χ1v) is 8.49. The molecule has 0 atom stereocenters. The minimum atomic E-state index is -4.61. The first-order chi connectivity index (χ1) is 11.9. The summed E-state index contributed by atoms with van der Waals surface area (Å²) in [5.74, 6) is 0.0637. The van der Waals surface area contributed by atoms with E-state index in [4.69, 9.17) is 0 Å². The van der Waals surface area contributed by atoms with Gasteiger partial charge in [0.25, 0.3) is 5.91 Å². The standard InChI is InChI=1S/C15H16F3N5OS/c1-10-20-14(25-21-10)23-6-2-5-22(7-8-23)13(24)11-3-4-19-9-12(11)15(16,17)18/h3-4,9H,2,5-8H2,1H3. The van der Waals surface area contributed by atoms with Crippen molar-refractivity contribution in [2.75, 3.05) is 31.1 Å². The molecule has 1 amide bonds. The Hall–Kier alpha value is -2.23. The van der Waals surface area contributed by atoms with Crippen LogP contribution in [0.5, 0.6) is 0 Å². The van der Waals surface area contributed by atoms with Crippen LogP contribution in [-0.2, 0) is 6.18 Å². The van der Waals surface area contributed by atoms with Gasteiger partial charge in [-0.3, -0.25) is 9.78 Å². The Bertz CT molecular complexity index is 764. The van der Waals surface area contributed by atoms with Crippen LogP contribution >= 0.6 is 11.5 Å². The summed E-state index contributed by atoms with van der Waals surface area (Å²) >= 11 is 1.28. The lowest BCUT2D eigenvalue weighted by molar-refractivity contribution is -0.138. The Morgan fingerprint density at radius 3 is 2.72 bits per heavy atom. The zero-order valence-electron chi connectivity index (χ0n) is 13.5. The van der Waals surface area contributed by atoms with Crippen molar-refractivity contribution in [2.45, 2.75) is 19.5 Å². The van der Waals surface area contributed by atoms with Crippen molar-refractivity contribution >= 4 is 22.6 Å². The zero-order valence-corrected chi connectivity index (χ0v) is 14.3. The van der Waals surface area contributed by atoms with Crippen LogP contribution in [0.1, 0.15) is 28.2 Å². The van der Waals surface area contributed by atoms with Crippen LogP contribution in [-0.4, -0.2) is 51.3 Å². The molecule has 6 nitrogen and oxygen atoms in total. The highest BCUT2D eigenvalue weighted by Gasteiger charge is 2.36. The number of pyridine rings is 1. The molecule has 0 aromatic carbocycles. The number of rotatable bonds is 2.